The highest BCUT2D eigenvalue weighted by molar-refractivity contribution is 5.32. The third-order valence-corrected chi connectivity index (χ3v) is 2.99. The van der Waals surface area contributed by atoms with Crippen molar-refractivity contribution in [3.63, 3.8) is 0 Å². The highest BCUT2D eigenvalue weighted by Gasteiger charge is 2.36. The molecule has 1 aliphatic rings. The third kappa shape index (κ3) is 2.68. The molecule has 0 bridgehead atoms. The lowest BCUT2D eigenvalue weighted by atomic mass is 10.1. The quantitative estimate of drug-likeness (QED) is 0.759. The van der Waals surface area contributed by atoms with Gasteiger partial charge in [-0.1, -0.05) is 25.5 Å². The molecule has 4 heteroatoms. The molecule has 1 nitrogen and oxygen atoms in total. The summed E-state index contributed by atoms with van der Waals surface area (Å²) in [4.78, 5) is 0. The average molecular weight is 230 g/mol. The average Bonchev–Trinajstić information content (AvgIpc) is 2.95. The Balaban J connectivity index is 2.00. The molecule has 0 saturated heterocycles. The van der Waals surface area contributed by atoms with Crippen molar-refractivity contribution in [2.45, 2.75) is 32.0 Å². The molecule has 0 amide bonds. The zero-order valence-corrected chi connectivity index (χ0v) is 8.92. The number of benzene rings is 1. The first-order valence-corrected chi connectivity index (χ1v) is 5.35. The molecule has 0 N–H and O–H groups in total. The molecule has 0 spiro atoms. The summed E-state index contributed by atoms with van der Waals surface area (Å²) >= 11 is 0. The number of ether oxygens (including phenoxy) is 1. The molecule has 1 fully saturated rings. The van der Waals surface area contributed by atoms with E-state index in [1.54, 1.807) is 12.1 Å². The molecular weight excluding hydrogens is 217 g/mol. The Labute approximate surface area is 92.2 Å². The first kappa shape index (κ1) is 11.3. The molecule has 16 heavy (non-hydrogen) atoms. The fraction of sp³-hybridized carbons (Fsp3) is 0.500. The van der Waals surface area contributed by atoms with E-state index in [9.17, 15) is 13.2 Å². The van der Waals surface area contributed by atoms with Crippen molar-refractivity contribution in [2.75, 3.05) is 0 Å². The van der Waals surface area contributed by atoms with Crippen molar-refractivity contribution in [3.8, 4) is 5.75 Å². The maximum atomic E-state index is 11.9. The number of halogens is 3. The van der Waals surface area contributed by atoms with E-state index < -0.39 is 6.36 Å². The van der Waals surface area contributed by atoms with Crippen LogP contribution in [0.2, 0.25) is 0 Å². The van der Waals surface area contributed by atoms with Gasteiger partial charge < -0.3 is 4.74 Å². The molecule has 1 saturated carbocycles. The van der Waals surface area contributed by atoms with Crippen LogP contribution in [0.25, 0.3) is 0 Å². The Morgan fingerprint density at radius 3 is 2.31 bits per heavy atom. The number of hydrogen-bond donors (Lipinski definition) is 0. The number of rotatable bonds is 3. The minimum absolute atomic E-state index is 0.148. The summed E-state index contributed by atoms with van der Waals surface area (Å²) in [6.45, 7) is 2.13. The summed E-state index contributed by atoms with van der Waals surface area (Å²) < 4.78 is 39.5. The van der Waals surface area contributed by atoms with E-state index in [1.807, 2.05) is 0 Å². The van der Waals surface area contributed by atoms with Crippen molar-refractivity contribution in [3.05, 3.63) is 29.8 Å². The van der Waals surface area contributed by atoms with Gasteiger partial charge in [-0.2, -0.15) is 0 Å². The maximum absolute atomic E-state index is 11.9. The topological polar surface area (TPSA) is 9.23 Å². The summed E-state index contributed by atoms with van der Waals surface area (Å²) in [5, 5.41) is 0. The molecule has 1 aromatic rings. The van der Waals surface area contributed by atoms with Gasteiger partial charge in [0, 0.05) is 0 Å². The predicted molar refractivity (Wildman–Crippen MR) is 54.3 cm³/mol. The molecule has 1 aromatic carbocycles. The molecule has 0 aromatic heterocycles. The van der Waals surface area contributed by atoms with Gasteiger partial charge in [0.05, 0.1) is 0 Å². The molecule has 2 rings (SSSR count). The SMILES string of the molecule is CCC1C[C@@H]1c1ccc(OC(F)(F)F)cc1. The van der Waals surface area contributed by atoms with E-state index in [0.717, 1.165) is 18.4 Å². The summed E-state index contributed by atoms with van der Waals surface area (Å²) in [5.74, 6) is 1.09. The summed E-state index contributed by atoms with van der Waals surface area (Å²) in [7, 11) is 0. The van der Waals surface area contributed by atoms with Crippen LogP contribution in [-0.2, 0) is 0 Å². The van der Waals surface area contributed by atoms with Crippen LogP contribution >= 0.6 is 0 Å². The molecule has 0 radical (unpaired) electrons. The fourth-order valence-corrected chi connectivity index (χ4v) is 2.02. The summed E-state index contributed by atoms with van der Waals surface area (Å²) in [6.07, 6.45) is -2.32. The second-order valence-electron chi connectivity index (χ2n) is 4.13. The normalized spacial score (nSPS) is 24.2. The second kappa shape index (κ2) is 4.00. The van der Waals surface area contributed by atoms with Crippen molar-refractivity contribution >= 4 is 0 Å². The van der Waals surface area contributed by atoms with Crippen LogP contribution in [0.15, 0.2) is 24.3 Å². The molecule has 0 aliphatic heterocycles. The second-order valence-corrected chi connectivity index (χ2v) is 4.13. The molecular formula is C12H13F3O. The lowest BCUT2D eigenvalue weighted by molar-refractivity contribution is -0.274. The van der Waals surface area contributed by atoms with Crippen molar-refractivity contribution in [1.29, 1.82) is 0 Å². The number of alkyl halides is 3. The van der Waals surface area contributed by atoms with Crippen LogP contribution in [0.4, 0.5) is 13.2 Å². The molecule has 88 valence electrons. The Morgan fingerprint density at radius 2 is 1.88 bits per heavy atom. The zero-order chi connectivity index (χ0) is 11.8. The zero-order valence-electron chi connectivity index (χ0n) is 8.92. The highest BCUT2D eigenvalue weighted by atomic mass is 19.4. The van der Waals surface area contributed by atoms with Crippen LogP contribution < -0.4 is 4.74 Å². The number of hydrogen-bond acceptors (Lipinski definition) is 1. The van der Waals surface area contributed by atoms with E-state index >= 15 is 0 Å². The van der Waals surface area contributed by atoms with Crippen molar-refractivity contribution in [2.24, 2.45) is 5.92 Å². The van der Waals surface area contributed by atoms with Gasteiger partial charge in [-0.15, -0.1) is 13.2 Å². The van der Waals surface area contributed by atoms with Crippen LogP contribution in [-0.4, -0.2) is 6.36 Å². The lowest BCUT2D eigenvalue weighted by Crippen LogP contribution is -2.16. The van der Waals surface area contributed by atoms with Gasteiger partial charge in [-0.3, -0.25) is 0 Å². The Morgan fingerprint density at radius 1 is 1.25 bits per heavy atom. The van der Waals surface area contributed by atoms with Crippen LogP contribution in [0, 0.1) is 5.92 Å². The van der Waals surface area contributed by atoms with E-state index in [0.29, 0.717) is 11.8 Å². The largest absolute Gasteiger partial charge is 0.573 e. The monoisotopic (exact) mass is 230 g/mol. The minimum Gasteiger partial charge on any atom is -0.406 e. The van der Waals surface area contributed by atoms with Gasteiger partial charge >= 0.3 is 6.36 Å². The lowest BCUT2D eigenvalue weighted by Gasteiger charge is -2.09. The molecule has 1 aliphatic carbocycles. The Kier molecular flexibility index (Phi) is 2.82. The first-order chi connectivity index (χ1) is 7.49. The summed E-state index contributed by atoms with van der Waals surface area (Å²) in [6, 6.07) is 6.21. The van der Waals surface area contributed by atoms with Gasteiger partial charge in [-0.25, -0.2) is 0 Å². The van der Waals surface area contributed by atoms with Gasteiger partial charge in [0.2, 0.25) is 0 Å². The minimum atomic E-state index is -4.60. The Hall–Kier alpha value is -1.19. The molecule has 0 heterocycles. The van der Waals surface area contributed by atoms with Crippen molar-refractivity contribution < 1.29 is 17.9 Å². The smallest absolute Gasteiger partial charge is 0.406 e. The predicted octanol–water partition coefficient (Wildman–Crippen LogP) is 4.10. The van der Waals surface area contributed by atoms with E-state index in [2.05, 4.69) is 11.7 Å². The van der Waals surface area contributed by atoms with Gasteiger partial charge in [0.15, 0.2) is 0 Å². The third-order valence-electron chi connectivity index (χ3n) is 2.99. The summed E-state index contributed by atoms with van der Waals surface area (Å²) in [5.41, 5.74) is 1.11. The van der Waals surface area contributed by atoms with E-state index in [1.165, 1.54) is 12.1 Å². The van der Waals surface area contributed by atoms with Crippen molar-refractivity contribution in [1.82, 2.24) is 0 Å². The van der Waals surface area contributed by atoms with Gasteiger partial charge in [-0.05, 0) is 36.0 Å². The van der Waals surface area contributed by atoms with Crippen LogP contribution in [0.5, 0.6) is 5.75 Å². The van der Waals surface area contributed by atoms with Crippen LogP contribution in [0.1, 0.15) is 31.2 Å². The standard InChI is InChI=1S/C12H13F3O/c1-2-8-7-11(8)9-3-5-10(6-4-9)16-12(13,14)15/h3-6,8,11H,2,7H2,1H3/t8?,11-/m0/s1. The first-order valence-electron chi connectivity index (χ1n) is 5.35. The maximum Gasteiger partial charge on any atom is 0.573 e. The van der Waals surface area contributed by atoms with E-state index in [4.69, 9.17) is 0 Å². The van der Waals surface area contributed by atoms with E-state index in [-0.39, 0.29) is 5.75 Å². The van der Waals surface area contributed by atoms with Gasteiger partial charge in [0.25, 0.3) is 0 Å². The molecule has 2 atom stereocenters. The van der Waals surface area contributed by atoms with Gasteiger partial charge in [0.1, 0.15) is 5.75 Å². The highest BCUT2D eigenvalue weighted by Crippen LogP contribution is 2.49. The fourth-order valence-electron chi connectivity index (χ4n) is 2.02. The Bertz CT molecular complexity index is 356. The van der Waals surface area contributed by atoms with Crippen LogP contribution in [0.3, 0.4) is 0 Å². The molecule has 1 unspecified atom stereocenters.